The van der Waals surface area contributed by atoms with E-state index in [1.54, 1.807) is 0 Å². The molecule has 0 aliphatic carbocycles. The van der Waals surface area contributed by atoms with E-state index in [4.69, 9.17) is 14.0 Å². The Balaban J connectivity index is 1.52. The van der Waals surface area contributed by atoms with Gasteiger partial charge in [-0.2, -0.15) is 4.98 Å². The lowest BCUT2D eigenvalue weighted by Gasteiger charge is -2.20. The van der Waals surface area contributed by atoms with Crippen molar-refractivity contribution in [3.63, 3.8) is 0 Å². The molecule has 104 valence electrons. The summed E-state index contributed by atoms with van der Waals surface area (Å²) in [6, 6.07) is 7.99. The lowest BCUT2D eigenvalue weighted by Crippen LogP contribution is -2.35. The van der Waals surface area contributed by atoms with Gasteiger partial charge in [0.2, 0.25) is 0 Å². The number of rotatable bonds is 2. The molecule has 0 saturated carbocycles. The highest BCUT2D eigenvalue weighted by Gasteiger charge is 2.30. The lowest BCUT2D eigenvalue weighted by atomic mass is 10.1. The van der Waals surface area contributed by atoms with Gasteiger partial charge >= 0.3 is 0 Å². The SMILES string of the molecule is c1ccc2c(c1)CC(c1nc(C3COCCN3)no1)O2. The third-order valence-corrected chi connectivity index (χ3v) is 3.61. The number of hydrogen-bond acceptors (Lipinski definition) is 6. The number of ether oxygens (including phenoxy) is 2. The minimum absolute atomic E-state index is 0.00466. The molecule has 6 nitrogen and oxygen atoms in total. The van der Waals surface area contributed by atoms with E-state index < -0.39 is 0 Å². The smallest absolute Gasteiger partial charge is 0.268 e. The standard InChI is InChI=1S/C14H15N3O3/c1-2-4-11-9(3-1)7-12(19-11)14-16-13(17-20-14)10-8-18-6-5-15-10/h1-4,10,12,15H,5-8H2. The van der Waals surface area contributed by atoms with E-state index in [0.29, 0.717) is 18.3 Å². The van der Waals surface area contributed by atoms with E-state index in [1.165, 1.54) is 5.56 Å². The number of hydrogen-bond donors (Lipinski definition) is 1. The van der Waals surface area contributed by atoms with Gasteiger partial charge < -0.3 is 19.3 Å². The van der Waals surface area contributed by atoms with Crippen LogP contribution in [0.25, 0.3) is 0 Å². The second-order valence-electron chi connectivity index (χ2n) is 4.99. The summed E-state index contributed by atoms with van der Waals surface area (Å²) < 4.78 is 16.6. The van der Waals surface area contributed by atoms with Crippen molar-refractivity contribution in [1.82, 2.24) is 15.5 Å². The molecule has 0 bridgehead atoms. The fourth-order valence-electron chi connectivity index (χ4n) is 2.57. The summed E-state index contributed by atoms with van der Waals surface area (Å²) in [4.78, 5) is 4.45. The van der Waals surface area contributed by atoms with Gasteiger partial charge in [0, 0.05) is 13.0 Å². The van der Waals surface area contributed by atoms with Crippen molar-refractivity contribution in [3.05, 3.63) is 41.5 Å². The van der Waals surface area contributed by atoms with E-state index in [0.717, 1.165) is 25.3 Å². The van der Waals surface area contributed by atoms with Crippen LogP contribution >= 0.6 is 0 Å². The summed E-state index contributed by atoms with van der Waals surface area (Å²) in [5, 5.41) is 7.34. The van der Waals surface area contributed by atoms with E-state index in [1.807, 2.05) is 18.2 Å². The van der Waals surface area contributed by atoms with Gasteiger partial charge in [-0.15, -0.1) is 0 Å². The monoisotopic (exact) mass is 273 g/mol. The van der Waals surface area contributed by atoms with Crippen molar-refractivity contribution < 1.29 is 14.0 Å². The maximum Gasteiger partial charge on any atom is 0.268 e. The van der Waals surface area contributed by atoms with Crippen molar-refractivity contribution >= 4 is 0 Å². The number of morpholine rings is 1. The lowest BCUT2D eigenvalue weighted by molar-refractivity contribution is 0.0734. The van der Waals surface area contributed by atoms with Crippen LogP contribution in [0.2, 0.25) is 0 Å². The Kier molecular flexibility index (Phi) is 2.90. The Morgan fingerprint density at radius 1 is 1.25 bits per heavy atom. The van der Waals surface area contributed by atoms with Crippen LogP contribution in [0, 0.1) is 0 Å². The molecule has 20 heavy (non-hydrogen) atoms. The number of nitrogens with one attached hydrogen (secondary N) is 1. The summed E-state index contributed by atoms with van der Waals surface area (Å²) >= 11 is 0. The Morgan fingerprint density at radius 3 is 3.05 bits per heavy atom. The highest BCUT2D eigenvalue weighted by molar-refractivity contribution is 5.37. The van der Waals surface area contributed by atoms with Gasteiger partial charge in [-0.3, -0.25) is 0 Å². The fraction of sp³-hybridized carbons (Fsp3) is 0.429. The summed E-state index contributed by atoms with van der Waals surface area (Å²) in [7, 11) is 0. The molecule has 1 fully saturated rings. The number of para-hydroxylation sites is 1. The van der Waals surface area contributed by atoms with Crippen molar-refractivity contribution in [2.75, 3.05) is 19.8 Å². The Morgan fingerprint density at radius 2 is 2.20 bits per heavy atom. The molecule has 2 aliphatic heterocycles. The first-order valence-corrected chi connectivity index (χ1v) is 6.79. The minimum atomic E-state index is -0.182. The highest BCUT2D eigenvalue weighted by Crippen LogP contribution is 2.35. The molecule has 4 rings (SSSR count). The van der Waals surface area contributed by atoms with Gasteiger partial charge in [-0.05, 0) is 11.6 Å². The van der Waals surface area contributed by atoms with Crippen LogP contribution in [0.5, 0.6) is 5.75 Å². The molecule has 1 saturated heterocycles. The second-order valence-corrected chi connectivity index (χ2v) is 4.99. The second kappa shape index (κ2) is 4.88. The Hall–Kier alpha value is -1.92. The van der Waals surface area contributed by atoms with Gasteiger partial charge in [-0.25, -0.2) is 0 Å². The van der Waals surface area contributed by atoms with Crippen LogP contribution in [0.1, 0.15) is 29.4 Å². The van der Waals surface area contributed by atoms with Gasteiger partial charge in [-0.1, -0.05) is 23.4 Å². The van der Waals surface area contributed by atoms with E-state index in [9.17, 15) is 0 Å². The fourth-order valence-corrected chi connectivity index (χ4v) is 2.57. The Bertz CT molecular complexity index is 582. The zero-order valence-electron chi connectivity index (χ0n) is 10.9. The van der Waals surface area contributed by atoms with Crippen LogP contribution in [0.3, 0.4) is 0 Å². The van der Waals surface area contributed by atoms with E-state index in [-0.39, 0.29) is 12.1 Å². The molecule has 1 aromatic carbocycles. The van der Waals surface area contributed by atoms with Crippen LogP contribution < -0.4 is 10.1 Å². The summed E-state index contributed by atoms with van der Waals surface area (Å²) in [6.07, 6.45) is 0.588. The maximum absolute atomic E-state index is 5.85. The molecule has 3 heterocycles. The summed E-state index contributed by atoms with van der Waals surface area (Å²) in [5.74, 6) is 2.07. The average molecular weight is 273 g/mol. The molecule has 0 amide bonds. The molecule has 2 aliphatic rings. The largest absolute Gasteiger partial charge is 0.480 e. The molecule has 0 radical (unpaired) electrons. The van der Waals surface area contributed by atoms with Crippen molar-refractivity contribution in [2.45, 2.75) is 18.6 Å². The first-order valence-electron chi connectivity index (χ1n) is 6.79. The third-order valence-electron chi connectivity index (χ3n) is 3.61. The van der Waals surface area contributed by atoms with Gasteiger partial charge in [0.25, 0.3) is 5.89 Å². The minimum Gasteiger partial charge on any atom is -0.480 e. The molecule has 2 unspecified atom stereocenters. The zero-order chi connectivity index (χ0) is 13.4. The number of aromatic nitrogens is 2. The topological polar surface area (TPSA) is 69.4 Å². The van der Waals surface area contributed by atoms with Crippen LogP contribution in [-0.4, -0.2) is 29.9 Å². The molecule has 1 N–H and O–H groups in total. The van der Waals surface area contributed by atoms with Crippen LogP contribution in [0.4, 0.5) is 0 Å². The molecular formula is C14H15N3O3. The van der Waals surface area contributed by atoms with Crippen molar-refractivity contribution in [2.24, 2.45) is 0 Å². The van der Waals surface area contributed by atoms with Crippen molar-refractivity contribution in [1.29, 1.82) is 0 Å². The van der Waals surface area contributed by atoms with Gasteiger partial charge in [0.15, 0.2) is 11.9 Å². The molecule has 1 aromatic heterocycles. The predicted molar refractivity (Wildman–Crippen MR) is 69.4 cm³/mol. The third kappa shape index (κ3) is 2.07. The van der Waals surface area contributed by atoms with E-state index >= 15 is 0 Å². The van der Waals surface area contributed by atoms with Crippen LogP contribution in [0.15, 0.2) is 28.8 Å². The molecular weight excluding hydrogens is 258 g/mol. The highest BCUT2D eigenvalue weighted by atomic mass is 16.5. The number of benzene rings is 1. The predicted octanol–water partition coefficient (Wildman–Crippen LogP) is 1.41. The van der Waals surface area contributed by atoms with E-state index in [2.05, 4.69) is 21.5 Å². The molecule has 2 aromatic rings. The maximum atomic E-state index is 5.85. The average Bonchev–Trinajstić information content (AvgIpc) is 3.14. The summed E-state index contributed by atoms with van der Waals surface area (Å²) in [5.41, 5.74) is 1.18. The quantitative estimate of drug-likeness (QED) is 0.892. The van der Waals surface area contributed by atoms with Crippen molar-refractivity contribution in [3.8, 4) is 5.75 Å². The van der Waals surface area contributed by atoms with Gasteiger partial charge in [0.05, 0.1) is 19.3 Å². The van der Waals surface area contributed by atoms with Crippen LogP contribution in [-0.2, 0) is 11.2 Å². The molecule has 0 spiro atoms. The first-order chi connectivity index (χ1) is 9.90. The summed E-state index contributed by atoms with van der Waals surface area (Å²) in [6.45, 7) is 2.10. The number of nitrogens with zero attached hydrogens (tertiary/aromatic N) is 2. The molecule has 6 heteroatoms. The molecule has 2 atom stereocenters. The normalized spacial score (nSPS) is 25.2. The number of fused-ring (bicyclic) bond motifs is 1. The zero-order valence-corrected chi connectivity index (χ0v) is 10.9. The van der Waals surface area contributed by atoms with Gasteiger partial charge in [0.1, 0.15) is 5.75 Å². The first kappa shape index (κ1) is 11.9. The Labute approximate surface area is 116 Å².